The van der Waals surface area contributed by atoms with E-state index in [2.05, 4.69) is 19.9 Å². The van der Waals surface area contributed by atoms with Gasteiger partial charge in [-0.15, -0.1) is 0 Å². The largest absolute Gasteiger partial charge is 0.497 e. The molecule has 2 N–H and O–H groups in total. The van der Waals surface area contributed by atoms with Crippen molar-refractivity contribution < 1.29 is 13.5 Å². The summed E-state index contributed by atoms with van der Waals surface area (Å²) in [6.45, 7) is 3.71. The molecule has 10 heteroatoms. The van der Waals surface area contributed by atoms with Gasteiger partial charge in [0.25, 0.3) is 0 Å². The molecule has 2 aromatic heterocycles. The highest BCUT2D eigenvalue weighted by molar-refractivity contribution is 5.99. The summed E-state index contributed by atoms with van der Waals surface area (Å²) in [4.78, 5) is 13.8. The van der Waals surface area contributed by atoms with Crippen molar-refractivity contribution >= 4 is 22.8 Å². The van der Waals surface area contributed by atoms with Crippen LogP contribution in [0.5, 0.6) is 5.75 Å². The van der Waals surface area contributed by atoms with Crippen molar-refractivity contribution in [1.82, 2.24) is 24.6 Å². The van der Waals surface area contributed by atoms with E-state index >= 15 is 0 Å². The number of benzene rings is 2. The zero-order valence-corrected chi connectivity index (χ0v) is 19.0. The van der Waals surface area contributed by atoms with E-state index in [9.17, 15) is 8.78 Å². The van der Waals surface area contributed by atoms with Crippen molar-refractivity contribution in [2.75, 3.05) is 43.9 Å². The fraction of sp³-hybridized carbons (Fsp3) is 0.292. The number of methoxy groups -OCH3 is 1. The quantitative estimate of drug-likeness (QED) is 0.484. The predicted molar refractivity (Wildman–Crippen MR) is 127 cm³/mol. The van der Waals surface area contributed by atoms with Crippen LogP contribution in [0.2, 0.25) is 0 Å². The molecular weight excluding hydrogens is 440 g/mol. The van der Waals surface area contributed by atoms with Gasteiger partial charge in [-0.2, -0.15) is 10.1 Å². The van der Waals surface area contributed by atoms with Crippen LogP contribution in [0.3, 0.4) is 0 Å². The molecule has 0 saturated carbocycles. The average Bonchev–Trinajstić information content (AvgIpc) is 3.13. The topological polar surface area (TPSA) is 85.3 Å². The van der Waals surface area contributed by atoms with E-state index in [0.717, 1.165) is 25.2 Å². The summed E-state index contributed by atoms with van der Waals surface area (Å²) in [5, 5.41) is 4.94. The maximum absolute atomic E-state index is 15.0. The third kappa shape index (κ3) is 4.12. The summed E-state index contributed by atoms with van der Waals surface area (Å²) in [5.74, 6) is 0.578. The molecule has 8 nitrogen and oxygen atoms in total. The molecule has 34 heavy (non-hydrogen) atoms. The Morgan fingerprint density at radius 3 is 2.41 bits per heavy atom. The lowest BCUT2D eigenvalue weighted by atomic mass is 10.1. The molecule has 0 unspecified atom stereocenters. The van der Waals surface area contributed by atoms with Crippen molar-refractivity contribution in [3.05, 3.63) is 59.7 Å². The number of fused-ring (bicyclic) bond motifs is 1. The minimum atomic E-state index is -0.460. The molecule has 1 saturated heterocycles. The highest BCUT2D eigenvalue weighted by atomic mass is 19.1. The number of nitrogens with zero attached hydrogens (tertiary/aromatic N) is 6. The molecule has 4 aromatic rings. The van der Waals surface area contributed by atoms with Gasteiger partial charge in [0, 0.05) is 51.4 Å². The lowest BCUT2D eigenvalue weighted by molar-refractivity contribution is 0.248. The first-order valence-electron chi connectivity index (χ1n) is 11.0. The van der Waals surface area contributed by atoms with Gasteiger partial charge in [-0.1, -0.05) is 12.1 Å². The predicted octanol–water partition coefficient (Wildman–Crippen LogP) is 3.22. The lowest BCUT2D eigenvalue weighted by Gasteiger charge is -2.34. The number of piperazine rings is 1. The monoisotopic (exact) mass is 465 g/mol. The number of ether oxygens (including phenoxy) is 1. The highest BCUT2D eigenvalue weighted by Gasteiger charge is 2.24. The molecular formula is C24H25F2N7O. The average molecular weight is 466 g/mol. The summed E-state index contributed by atoms with van der Waals surface area (Å²) in [6.07, 6.45) is 0. The smallest absolute Gasteiger partial charge is 0.228 e. The Hall–Kier alpha value is -3.79. The molecule has 1 aliphatic heterocycles. The van der Waals surface area contributed by atoms with Gasteiger partial charge in [0.05, 0.1) is 18.2 Å². The number of hydrogen-bond acceptors (Lipinski definition) is 7. The summed E-state index contributed by atoms with van der Waals surface area (Å²) in [6, 6.07) is 11.2. The number of aromatic nitrogens is 4. The Morgan fingerprint density at radius 2 is 1.74 bits per heavy atom. The third-order valence-electron chi connectivity index (χ3n) is 6.13. The maximum Gasteiger partial charge on any atom is 0.228 e. The second-order valence-corrected chi connectivity index (χ2v) is 8.32. The molecule has 176 valence electrons. The van der Waals surface area contributed by atoms with Gasteiger partial charge in [0.2, 0.25) is 5.95 Å². The SMILES string of the molecule is COc1ccc(-c2nc(N3CCN(Cc4ccc(F)cc4)CC3)nc3nn(C)c(N)c23)c(F)c1. The Kier molecular flexibility index (Phi) is 5.74. The second kappa shape index (κ2) is 8.86. The second-order valence-electron chi connectivity index (χ2n) is 8.32. The third-order valence-corrected chi connectivity index (χ3v) is 6.13. The van der Waals surface area contributed by atoms with Crippen LogP contribution in [0, 0.1) is 11.6 Å². The van der Waals surface area contributed by atoms with Gasteiger partial charge >= 0.3 is 0 Å². The first kappa shape index (κ1) is 22.0. The zero-order valence-electron chi connectivity index (χ0n) is 19.0. The van der Waals surface area contributed by atoms with Crippen molar-refractivity contribution in [3.63, 3.8) is 0 Å². The van der Waals surface area contributed by atoms with Gasteiger partial charge in [0.1, 0.15) is 23.2 Å². The van der Waals surface area contributed by atoms with E-state index in [-0.39, 0.29) is 5.82 Å². The Labute approximate surface area is 195 Å². The van der Waals surface area contributed by atoms with E-state index in [0.29, 0.717) is 52.9 Å². The maximum atomic E-state index is 15.0. The number of rotatable bonds is 5. The molecule has 0 atom stereocenters. The number of nitrogens with two attached hydrogens (primary N) is 1. The standard InChI is InChI=1S/C24H25F2N7O/c1-31-22(27)20-21(18-8-7-17(34-2)13-19(18)26)28-24(29-23(20)30-31)33-11-9-32(10-12-33)14-15-3-5-16(25)6-4-15/h3-8,13H,9-12,14,27H2,1-2H3. The Morgan fingerprint density at radius 1 is 1.00 bits per heavy atom. The van der Waals surface area contributed by atoms with Gasteiger partial charge in [-0.25, -0.2) is 13.8 Å². The normalized spacial score (nSPS) is 14.6. The van der Waals surface area contributed by atoms with Crippen molar-refractivity contribution in [2.45, 2.75) is 6.54 Å². The number of nitrogen functional groups attached to an aromatic ring is 1. The number of aryl methyl sites for hydroxylation is 1. The van der Waals surface area contributed by atoms with E-state index < -0.39 is 5.82 Å². The van der Waals surface area contributed by atoms with Crippen LogP contribution < -0.4 is 15.4 Å². The minimum absolute atomic E-state index is 0.236. The van der Waals surface area contributed by atoms with Crippen LogP contribution in [0.4, 0.5) is 20.5 Å². The minimum Gasteiger partial charge on any atom is -0.497 e. The first-order valence-corrected chi connectivity index (χ1v) is 11.0. The number of halogens is 2. The van der Waals surface area contributed by atoms with Crippen LogP contribution in [-0.4, -0.2) is 57.9 Å². The summed E-state index contributed by atoms with van der Waals surface area (Å²) in [5.41, 5.74) is 8.44. The summed E-state index contributed by atoms with van der Waals surface area (Å²) < 4.78 is 34.8. The fourth-order valence-corrected chi connectivity index (χ4v) is 4.21. The molecule has 5 rings (SSSR count). The summed E-state index contributed by atoms with van der Waals surface area (Å²) >= 11 is 0. The molecule has 0 spiro atoms. The van der Waals surface area contributed by atoms with Crippen molar-refractivity contribution in [3.8, 4) is 17.0 Å². The van der Waals surface area contributed by atoms with Gasteiger partial charge in [-0.05, 0) is 29.8 Å². The van der Waals surface area contributed by atoms with Crippen LogP contribution in [-0.2, 0) is 13.6 Å². The molecule has 0 radical (unpaired) electrons. The van der Waals surface area contributed by atoms with E-state index in [1.54, 1.807) is 31.3 Å². The van der Waals surface area contributed by atoms with Crippen molar-refractivity contribution in [1.29, 1.82) is 0 Å². The van der Waals surface area contributed by atoms with Crippen molar-refractivity contribution in [2.24, 2.45) is 7.05 Å². The van der Waals surface area contributed by atoms with Gasteiger partial charge in [-0.3, -0.25) is 9.58 Å². The molecule has 1 aliphatic rings. The molecule has 1 fully saturated rings. The van der Waals surface area contributed by atoms with Crippen LogP contribution in [0.15, 0.2) is 42.5 Å². The highest BCUT2D eigenvalue weighted by Crippen LogP contribution is 2.34. The van der Waals surface area contributed by atoms with Crippen LogP contribution in [0.25, 0.3) is 22.3 Å². The fourth-order valence-electron chi connectivity index (χ4n) is 4.21. The molecule has 2 aromatic carbocycles. The molecule has 0 bridgehead atoms. The number of hydrogen-bond donors (Lipinski definition) is 1. The van der Waals surface area contributed by atoms with E-state index in [4.69, 9.17) is 15.5 Å². The Balaban J connectivity index is 1.44. The lowest BCUT2D eigenvalue weighted by Crippen LogP contribution is -2.46. The van der Waals surface area contributed by atoms with Gasteiger partial charge in [0.15, 0.2) is 5.65 Å². The summed E-state index contributed by atoms with van der Waals surface area (Å²) in [7, 11) is 3.21. The van der Waals surface area contributed by atoms with Crippen LogP contribution in [0.1, 0.15) is 5.56 Å². The first-order chi connectivity index (χ1) is 16.4. The van der Waals surface area contributed by atoms with Gasteiger partial charge < -0.3 is 15.4 Å². The van der Waals surface area contributed by atoms with Crippen LogP contribution >= 0.6 is 0 Å². The van der Waals surface area contributed by atoms with E-state index in [1.165, 1.54) is 30.0 Å². The van der Waals surface area contributed by atoms with E-state index in [1.807, 2.05) is 0 Å². The Bertz CT molecular complexity index is 1330. The molecule has 0 amide bonds. The molecule has 0 aliphatic carbocycles. The molecule has 3 heterocycles. The number of anilines is 2. The zero-order chi connectivity index (χ0) is 23.8.